The van der Waals surface area contributed by atoms with Gasteiger partial charge in [0, 0.05) is 54.8 Å². The fourth-order valence-electron chi connectivity index (χ4n) is 6.92. The van der Waals surface area contributed by atoms with Crippen LogP contribution in [0.5, 0.6) is 0 Å². The van der Waals surface area contributed by atoms with Crippen molar-refractivity contribution in [3.8, 4) is 11.3 Å². The van der Waals surface area contributed by atoms with Crippen molar-refractivity contribution >= 4 is 32.3 Å². The Balaban J connectivity index is 1.39. The first-order chi connectivity index (χ1) is 18.4. The summed E-state index contributed by atoms with van der Waals surface area (Å²) in [7, 11) is -3.00. The fourth-order valence-corrected chi connectivity index (χ4v) is 7.45. The van der Waals surface area contributed by atoms with Crippen molar-refractivity contribution in [2.75, 3.05) is 36.5 Å². The third-order valence-corrected chi connectivity index (χ3v) is 9.94. The molecule has 0 saturated carbocycles. The van der Waals surface area contributed by atoms with E-state index in [2.05, 4.69) is 77.8 Å². The average Bonchev–Trinajstić information content (AvgIpc) is 3.48. The molecule has 208 valence electrons. The van der Waals surface area contributed by atoms with E-state index in [0.717, 1.165) is 65.3 Å². The van der Waals surface area contributed by atoms with Crippen LogP contribution in [0.4, 0.5) is 5.82 Å². The molecule has 0 aromatic carbocycles. The molecule has 2 aliphatic heterocycles. The second-order valence-electron chi connectivity index (χ2n) is 12.2. The first-order valence-electron chi connectivity index (χ1n) is 14.0. The molecular weight excluding hydrogens is 510 g/mol. The van der Waals surface area contributed by atoms with Crippen molar-refractivity contribution in [2.24, 2.45) is 0 Å². The summed E-state index contributed by atoms with van der Waals surface area (Å²) in [5.74, 6) is 1.48. The minimum Gasteiger partial charge on any atom is -0.353 e. The maximum Gasteiger partial charge on any atom is 0.158 e. The number of anilines is 1. The quantitative estimate of drug-likeness (QED) is 0.378. The van der Waals surface area contributed by atoms with Gasteiger partial charge in [0.1, 0.15) is 22.0 Å². The number of H-pyrrole nitrogens is 1. The van der Waals surface area contributed by atoms with Gasteiger partial charge in [-0.05, 0) is 69.2 Å². The number of nitrogens with zero attached hydrogens (tertiary/aromatic N) is 6. The molecule has 0 unspecified atom stereocenters. The molecule has 39 heavy (non-hydrogen) atoms. The highest BCUT2D eigenvalue weighted by Gasteiger charge is 2.45. The lowest BCUT2D eigenvalue weighted by Gasteiger charge is -2.57. The van der Waals surface area contributed by atoms with E-state index in [1.54, 1.807) is 6.33 Å². The van der Waals surface area contributed by atoms with Crippen LogP contribution >= 0.6 is 0 Å². The summed E-state index contributed by atoms with van der Waals surface area (Å²) in [6.07, 6.45) is 8.35. The predicted molar refractivity (Wildman–Crippen MR) is 156 cm³/mol. The number of hydrogen-bond donors (Lipinski definition) is 1. The van der Waals surface area contributed by atoms with Crippen LogP contribution < -0.4 is 4.90 Å². The summed E-state index contributed by atoms with van der Waals surface area (Å²) < 4.78 is 25.7. The molecule has 2 aliphatic rings. The fraction of sp³-hybridized carbons (Fsp3) is 0.552. The molecule has 4 aromatic heterocycles. The lowest BCUT2D eigenvalue weighted by Crippen LogP contribution is -2.68. The molecule has 6 rings (SSSR count). The van der Waals surface area contributed by atoms with Gasteiger partial charge in [-0.3, -0.25) is 4.90 Å². The third-order valence-electron chi connectivity index (χ3n) is 9.01. The second-order valence-corrected chi connectivity index (χ2v) is 14.5. The Morgan fingerprint density at radius 3 is 2.72 bits per heavy atom. The predicted octanol–water partition coefficient (Wildman–Crippen LogP) is 4.49. The maximum absolute atomic E-state index is 11.9. The van der Waals surface area contributed by atoms with Crippen molar-refractivity contribution in [1.82, 2.24) is 29.5 Å². The van der Waals surface area contributed by atoms with Gasteiger partial charge in [0.15, 0.2) is 5.65 Å². The molecule has 2 fully saturated rings. The van der Waals surface area contributed by atoms with Crippen molar-refractivity contribution in [3.63, 3.8) is 0 Å². The molecule has 2 saturated heterocycles. The van der Waals surface area contributed by atoms with E-state index in [0.29, 0.717) is 12.6 Å². The van der Waals surface area contributed by atoms with Gasteiger partial charge in [-0.2, -0.15) is 5.10 Å². The number of rotatable bonds is 6. The molecule has 6 heterocycles. The number of sulfone groups is 1. The van der Waals surface area contributed by atoms with Gasteiger partial charge in [-0.1, -0.05) is 13.8 Å². The number of piperidine rings is 1. The Labute approximate surface area is 230 Å². The maximum atomic E-state index is 11.9. The van der Waals surface area contributed by atoms with E-state index in [9.17, 15) is 8.42 Å². The summed E-state index contributed by atoms with van der Waals surface area (Å²) in [5.41, 5.74) is 8.62. The third kappa shape index (κ3) is 4.51. The minimum atomic E-state index is -3.00. The number of fused-ring (bicyclic) bond motifs is 4. The SMILES string of the molecule is Cc1c(-c2[nH]c3ccc(N4C[C@H]5CCC[C@@](C)(C4)N5CCS(C)(=O)=O)nc3c2C(C)C)cn2ncnc2c1C. The summed E-state index contributed by atoms with van der Waals surface area (Å²) in [4.78, 5) is 18.3. The molecular formula is C29H39N7O2S. The zero-order valence-corrected chi connectivity index (χ0v) is 24.6. The van der Waals surface area contributed by atoms with Crippen LogP contribution in [0.3, 0.4) is 0 Å². The van der Waals surface area contributed by atoms with Gasteiger partial charge < -0.3 is 9.88 Å². The first-order valence-corrected chi connectivity index (χ1v) is 16.0. The van der Waals surface area contributed by atoms with Crippen LogP contribution in [0, 0.1) is 13.8 Å². The highest BCUT2D eigenvalue weighted by atomic mass is 32.2. The van der Waals surface area contributed by atoms with Gasteiger partial charge in [0.05, 0.1) is 22.5 Å². The number of hydrogen-bond acceptors (Lipinski definition) is 7. The van der Waals surface area contributed by atoms with E-state index in [-0.39, 0.29) is 17.2 Å². The van der Waals surface area contributed by atoms with Gasteiger partial charge in [-0.15, -0.1) is 0 Å². The Bertz CT molecular complexity index is 1670. The molecule has 0 aliphatic carbocycles. The summed E-state index contributed by atoms with van der Waals surface area (Å²) >= 11 is 0. The summed E-state index contributed by atoms with van der Waals surface area (Å²) in [6, 6.07) is 4.64. The molecule has 10 heteroatoms. The Kier molecular flexibility index (Phi) is 6.26. The van der Waals surface area contributed by atoms with Crippen LogP contribution in [0.15, 0.2) is 24.7 Å². The van der Waals surface area contributed by atoms with Gasteiger partial charge in [0.25, 0.3) is 0 Å². The van der Waals surface area contributed by atoms with Crippen molar-refractivity contribution in [3.05, 3.63) is 41.3 Å². The van der Waals surface area contributed by atoms with Gasteiger partial charge >= 0.3 is 0 Å². The number of aromatic amines is 1. The van der Waals surface area contributed by atoms with Crippen molar-refractivity contribution < 1.29 is 8.42 Å². The Morgan fingerprint density at radius 1 is 1.21 bits per heavy atom. The topological polar surface area (TPSA) is 99.5 Å². The lowest BCUT2D eigenvalue weighted by molar-refractivity contribution is 0.00169. The number of aryl methyl sites for hydroxylation is 1. The molecule has 0 amide bonds. The molecule has 0 radical (unpaired) electrons. The number of aromatic nitrogens is 5. The molecule has 1 N–H and O–H groups in total. The molecule has 2 atom stereocenters. The van der Waals surface area contributed by atoms with E-state index >= 15 is 0 Å². The minimum absolute atomic E-state index is 0.0610. The average molecular weight is 550 g/mol. The molecule has 2 bridgehead atoms. The second kappa shape index (κ2) is 9.30. The van der Waals surface area contributed by atoms with Crippen LogP contribution in [0.25, 0.3) is 27.9 Å². The van der Waals surface area contributed by atoms with E-state index < -0.39 is 9.84 Å². The number of pyridine rings is 2. The van der Waals surface area contributed by atoms with E-state index in [1.165, 1.54) is 23.8 Å². The van der Waals surface area contributed by atoms with E-state index in [4.69, 9.17) is 4.98 Å². The van der Waals surface area contributed by atoms with Crippen LogP contribution in [-0.2, 0) is 9.84 Å². The normalized spacial score (nSPS) is 22.4. The van der Waals surface area contributed by atoms with Crippen molar-refractivity contribution in [2.45, 2.75) is 71.4 Å². The molecule has 0 spiro atoms. The highest BCUT2D eigenvalue weighted by Crippen LogP contribution is 2.40. The van der Waals surface area contributed by atoms with Gasteiger partial charge in [0.2, 0.25) is 0 Å². The lowest BCUT2D eigenvalue weighted by atomic mass is 9.81. The molecule has 4 aromatic rings. The Hall–Kier alpha value is -2.98. The zero-order valence-electron chi connectivity index (χ0n) is 23.8. The van der Waals surface area contributed by atoms with Gasteiger partial charge in [-0.25, -0.2) is 22.9 Å². The van der Waals surface area contributed by atoms with Crippen LogP contribution in [0.1, 0.15) is 62.6 Å². The first kappa shape index (κ1) is 26.3. The summed E-state index contributed by atoms with van der Waals surface area (Å²) in [5, 5.41) is 4.41. The zero-order chi connectivity index (χ0) is 27.7. The summed E-state index contributed by atoms with van der Waals surface area (Å²) in [6.45, 7) is 13.3. The van der Waals surface area contributed by atoms with Crippen LogP contribution in [0.2, 0.25) is 0 Å². The highest BCUT2D eigenvalue weighted by molar-refractivity contribution is 7.90. The largest absolute Gasteiger partial charge is 0.353 e. The van der Waals surface area contributed by atoms with Crippen LogP contribution in [-0.4, -0.2) is 81.1 Å². The standard InChI is InChI=1S/C29H39N7O2S/c1-18(2)25-26(22-15-36-28(30-17-31-36)20(4)19(22)3)32-23-9-10-24(33-27(23)25)34-14-21-8-7-11-29(5,16-34)35(21)12-13-39(6,37)38/h9-10,15,17-18,21,32H,7-8,11-14,16H2,1-6H3/t21-,29+/m1/s1. The smallest absolute Gasteiger partial charge is 0.158 e. The Morgan fingerprint density at radius 2 is 2.00 bits per heavy atom. The monoisotopic (exact) mass is 549 g/mol. The number of nitrogens with one attached hydrogen (secondary N) is 1. The van der Waals surface area contributed by atoms with Crippen molar-refractivity contribution in [1.29, 1.82) is 0 Å². The number of piperazine rings is 1. The van der Waals surface area contributed by atoms with E-state index in [1.807, 2.05) is 4.52 Å². The molecule has 9 nitrogen and oxygen atoms in total.